The van der Waals surface area contributed by atoms with Gasteiger partial charge in [-0.2, -0.15) is 0 Å². The van der Waals surface area contributed by atoms with Gasteiger partial charge in [0, 0.05) is 32.3 Å². The molecule has 0 saturated carbocycles. The zero-order valence-corrected chi connectivity index (χ0v) is 9.37. The third-order valence-corrected chi connectivity index (χ3v) is 2.45. The minimum absolute atomic E-state index is 0.0591. The predicted octanol–water partition coefficient (Wildman–Crippen LogP) is -0.828. The van der Waals surface area contributed by atoms with E-state index >= 15 is 0 Å². The monoisotopic (exact) mass is 215 g/mol. The minimum atomic E-state index is 0.0591. The van der Waals surface area contributed by atoms with Crippen LogP contribution < -0.4 is 11.1 Å². The van der Waals surface area contributed by atoms with Crippen LogP contribution in [0.4, 0.5) is 0 Å². The summed E-state index contributed by atoms with van der Waals surface area (Å²) in [6.45, 7) is 6.03. The van der Waals surface area contributed by atoms with Crippen molar-refractivity contribution in [2.45, 2.75) is 19.4 Å². The van der Waals surface area contributed by atoms with Crippen molar-refractivity contribution in [3.63, 3.8) is 0 Å². The molecular weight excluding hydrogens is 194 g/mol. The molecule has 0 aromatic heterocycles. The second-order valence-electron chi connectivity index (χ2n) is 3.83. The highest BCUT2D eigenvalue weighted by Gasteiger charge is 2.20. The first-order chi connectivity index (χ1) is 7.22. The number of ether oxygens (including phenoxy) is 1. The Morgan fingerprint density at radius 3 is 3.07 bits per heavy atom. The van der Waals surface area contributed by atoms with Crippen LogP contribution in [0.2, 0.25) is 0 Å². The van der Waals surface area contributed by atoms with Crippen molar-refractivity contribution in [2.75, 3.05) is 39.4 Å². The average Bonchev–Trinajstić information content (AvgIpc) is 2.59. The molecule has 88 valence electrons. The Morgan fingerprint density at radius 2 is 2.47 bits per heavy atom. The topological polar surface area (TPSA) is 67.6 Å². The lowest BCUT2D eigenvalue weighted by Gasteiger charge is -2.14. The Balaban J connectivity index is 2.03. The maximum Gasteiger partial charge on any atom is 0.234 e. The summed E-state index contributed by atoms with van der Waals surface area (Å²) in [7, 11) is 0. The van der Waals surface area contributed by atoms with Gasteiger partial charge in [0.1, 0.15) is 0 Å². The van der Waals surface area contributed by atoms with E-state index < -0.39 is 0 Å². The Bertz CT molecular complexity index is 199. The molecule has 0 unspecified atom stereocenters. The molecule has 3 N–H and O–H groups in total. The minimum Gasteiger partial charge on any atom is -0.380 e. The second-order valence-corrected chi connectivity index (χ2v) is 3.83. The summed E-state index contributed by atoms with van der Waals surface area (Å²) in [5, 5.41) is 2.81. The van der Waals surface area contributed by atoms with E-state index in [1.807, 2.05) is 6.92 Å². The van der Waals surface area contributed by atoms with Crippen molar-refractivity contribution >= 4 is 5.91 Å². The lowest BCUT2D eigenvalue weighted by atomic mass is 10.3. The molecule has 1 heterocycles. The van der Waals surface area contributed by atoms with Crippen molar-refractivity contribution in [1.82, 2.24) is 10.2 Å². The Morgan fingerprint density at radius 1 is 1.67 bits per heavy atom. The molecule has 0 aliphatic carbocycles. The van der Waals surface area contributed by atoms with Crippen LogP contribution in [0.1, 0.15) is 13.3 Å². The first kappa shape index (κ1) is 12.4. The predicted molar refractivity (Wildman–Crippen MR) is 58.5 cm³/mol. The summed E-state index contributed by atoms with van der Waals surface area (Å²) in [5.41, 5.74) is 5.75. The number of nitrogens with zero attached hydrogens (tertiary/aromatic N) is 1. The van der Waals surface area contributed by atoms with Gasteiger partial charge in [0.2, 0.25) is 5.91 Å². The van der Waals surface area contributed by atoms with Gasteiger partial charge in [-0.1, -0.05) is 0 Å². The van der Waals surface area contributed by atoms with E-state index in [2.05, 4.69) is 10.2 Å². The summed E-state index contributed by atoms with van der Waals surface area (Å²) in [6.07, 6.45) is 0.992. The van der Waals surface area contributed by atoms with Gasteiger partial charge in [-0.3, -0.25) is 9.69 Å². The van der Waals surface area contributed by atoms with Crippen molar-refractivity contribution in [2.24, 2.45) is 5.73 Å². The number of nitrogens with one attached hydrogen (secondary N) is 1. The number of likely N-dealkylation sites (tertiary alicyclic amines) is 1. The first-order valence-corrected chi connectivity index (χ1v) is 5.54. The maximum absolute atomic E-state index is 11.4. The molecule has 0 radical (unpaired) electrons. The number of hydrogen-bond donors (Lipinski definition) is 2. The molecule has 5 heteroatoms. The Kier molecular flexibility index (Phi) is 5.60. The van der Waals surface area contributed by atoms with E-state index in [4.69, 9.17) is 10.5 Å². The van der Waals surface area contributed by atoms with E-state index in [9.17, 15) is 4.79 Å². The quantitative estimate of drug-likeness (QED) is 0.568. The van der Waals surface area contributed by atoms with E-state index in [1.165, 1.54) is 0 Å². The van der Waals surface area contributed by atoms with Crippen molar-refractivity contribution < 1.29 is 9.53 Å². The normalized spacial score (nSPS) is 21.9. The molecule has 1 atom stereocenters. The van der Waals surface area contributed by atoms with Crippen LogP contribution in [0, 0.1) is 0 Å². The fourth-order valence-corrected chi connectivity index (χ4v) is 1.67. The van der Waals surface area contributed by atoms with Crippen LogP contribution in [0.25, 0.3) is 0 Å². The van der Waals surface area contributed by atoms with Crippen LogP contribution in [0.5, 0.6) is 0 Å². The Labute approximate surface area is 90.9 Å². The van der Waals surface area contributed by atoms with Gasteiger partial charge >= 0.3 is 0 Å². The van der Waals surface area contributed by atoms with Gasteiger partial charge in [-0.05, 0) is 13.3 Å². The summed E-state index contributed by atoms with van der Waals surface area (Å²) in [4.78, 5) is 13.5. The summed E-state index contributed by atoms with van der Waals surface area (Å²) in [6, 6.07) is 0.237. The zero-order valence-electron chi connectivity index (χ0n) is 9.37. The molecule has 0 aromatic carbocycles. The highest BCUT2D eigenvalue weighted by Crippen LogP contribution is 2.05. The number of carbonyl (C=O) groups excluding carboxylic acids is 1. The number of hydrogen-bond acceptors (Lipinski definition) is 4. The molecular formula is C10H21N3O2. The lowest BCUT2D eigenvalue weighted by molar-refractivity contribution is -0.122. The van der Waals surface area contributed by atoms with Gasteiger partial charge in [0.25, 0.3) is 0 Å². The van der Waals surface area contributed by atoms with Crippen LogP contribution >= 0.6 is 0 Å². The molecule has 1 fully saturated rings. The second kappa shape index (κ2) is 6.76. The summed E-state index contributed by atoms with van der Waals surface area (Å²) >= 11 is 0. The molecule has 1 amide bonds. The molecule has 1 aliphatic rings. The number of rotatable bonds is 6. The Hall–Kier alpha value is -0.650. The van der Waals surface area contributed by atoms with Gasteiger partial charge in [-0.25, -0.2) is 0 Å². The van der Waals surface area contributed by atoms with E-state index in [1.54, 1.807) is 0 Å². The molecule has 1 aliphatic heterocycles. The SMILES string of the molecule is CCOCCNC(=O)CN1CC[C@H](N)C1. The molecule has 15 heavy (non-hydrogen) atoms. The fraction of sp³-hybridized carbons (Fsp3) is 0.900. The molecule has 1 saturated heterocycles. The highest BCUT2D eigenvalue weighted by atomic mass is 16.5. The summed E-state index contributed by atoms with van der Waals surface area (Å²) < 4.78 is 5.12. The number of carbonyl (C=O) groups is 1. The van der Waals surface area contributed by atoms with Gasteiger partial charge in [0.05, 0.1) is 13.2 Å². The first-order valence-electron chi connectivity index (χ1n) is 5.54. The van der Waals surface area contributed by atoms with Crippen LogP contribution in [-0.2, 0) is 9.53 Å². The lowest BCUT2D eigenvalue weighted by Crippen LogP contribution is -2.38. The molecule has 5 nitrogen and oxygen atoms in total. The van der Waals surface area contributed by atoms with Crippen LogP contribution in [-0.4, -0.2) is 56.2 Å². The maximum atomic E-state index is 11.4. The number of nitrogens with two attached hydrogens (primary N) is 1. The van der Waals surface area contributed by atoms with E-state index in [-0.39, 0.29) is 11.9 Å². The average molecular weight is 215 g/mol. The zero-order chi connectivity index (χ0) is 11.1. The number of amides is 1. The van der Waals surface area contributed by atoms with Crippen molar-refractivity contribution in [3.8, 4) is 0 Å². The van der Waals surface area contributed by atoms with Gasteiger partial charge < -0.3 is 15.8 Å². The molecule has 0 spiro atoms. The van der Waals surface area contributed by atoms with Crippen molar-refractivity contribution in [1.29, 1.82) is 0 Å². The molecule has 1 rings (SSSR count). The largest absolute Gasteiger partial charge is 0.380 e. The van der Waals surface area contributed by atoms with Gasteiger partial charge in [0.15, 0.2) is 0 Å². The smallest absolute Gasteiger partial charge is 0.234 e. The van der Waals surface area contributed by atoms with Crippen molar-refractivity contribution in [3.05, 3.63) is 0 Å². The highest BCUT2D eigenvalue weighted by molar-refractivity contribution is 5.78. The van der Waals surface area contributed by atoms with E-state index in [0.29, 0.717) is 26.3 Å². The third-order valence-electron chi connectivity index (χ3n) is 2.45. The molecule has 0 aromatic rings. The summed E-state index contributed by atoms with van der Waals surface area (Å²) in [5.74, 6) is 0.0591. The van der Waals surface area contributed by atoms with E-state index in [0.717, 1.165) is 19.5 Å². The molecule has 0 bridgehead atoms. The van der Waals surface area contributed by atoms with Gasteiger partial charge in [-0.15, -0.1) is 0 Å². The third kappa shape index (κ3) is 5.11. The van der Waals surface area contributed by atoms with Crippen LogP contribution in [0.3, 0.4) is 0 Å². The van der Waals surface area contributed by atoms with Crippen LogP contribution in [0.15, 0.2) is 0 Å². The standard InChI is InChI=1S/C10H21N3O2/c1-2-15-6-4-12-10(14)8-13-5-3-9(11)7-13/h9H,2-8,11H2,1H3,(H,12,14)/t9-/m0/s1. The fourth-order valence-electron chi connectivity index (χ4n) is 1.67.